The summed E-state index contributed by atoms with van der Waals surface area (Å²) >= 11 is 0. The molecule has 0 bridgehead atoms. The Labute approximate surface area is 305 Å². The molecule has 0 radical (unpaired) electrons. The van der Waals surface area contributed by atoms with E-state index < -0.39 is 0 Å². The highest BCUT2D eigenvalue weighted by Gasteiger charge is 2.38. The first-order valence-corrected chi connectivity index (χ1v) is 18.0. The lowest BCUT2D eigenvalue weighted by Crippen LogP contribution is -2.16. The lowest BCUT2D eigenvalue weighted by Gasteiger charge is -2.23. The maximum Gasteiger partial charge on any atom is 0.164 e. The van der Waals surface area contributed by atoms with Gasteiger partial charge in [-0.1, -0.05) is 141 Å². The maximum absolute atomic E-state index is 6.45. The lowest BCUT2D eigenvalue weighted by molar-refractivity contribution is 0.664. The van der Waals surface area contributed by atoms with Gasteiger partial charge < -0.3 is 8.98 Å². The summed E-state index contributed by atoms with van der Waals surface area (Å²) in [5.74, 6) is 1.91. The number of nitrogens with zero attached hydrogens (tertiary/aromatic N) is 4. The van der Waals surface area contributed by atoms with E-state index in [1.54, 1.807) is 0 Å². The van der Waals surface area contributed by atoms with Crippen LogP contribution in [0.1, 0.15) is 25.0 Å². The van der Waals surface area contributed by atoms with E-state index in [0.29, 0.717) is 17.5 Å². The summed E-state index contributed by atoms with van der Waals surface area (Å²) in [6.45, 7) is 4.72. The molecule has 1 aliphatic carbocycles. The Morgan fingerprint density at radius 3 is 1.89 bits per heavy atom. The molecule has 3 aromatic heterocycles. The molecule has 0 saturated heterocycles. The molecule has 0 fully saturated rings. The summed E-state index contributed by atoms with van der Waals surface area (Å²) < 4.78 is 8.91. The number of rotatable bonds is 4. The van der Waals surface area contributed by atoms with Gasteiger partial charge in [0.15, 0.2) is 17.5 Å². The van der Waals surface area contributed by atoms with Crippen molar-refractivity contribution >= 4 is 43.7 Å². The van der Waals surface area contributed by atoms with E-state index in [-0.39, 0.29) is 5.41 Å². The largest absolute Gasteiger partial charge is 0.456 e. The van der Waals surface area contributed by atoms with Crippen LogP contribution in [0.4, 0.5) is 0 Å². The summed E-state index contributed by atoms with van der Waals surface area (Å²) in [5.41, 5.74) is 13.0. The monoisotopic (exact) mass is 680 g/mol. The van der Waals surface area contributed by atoms with E-state index >= 15 is 0 Å². The normalized spacial score (nSPS) is 13.2. The van der Waals surface area contributed by atoms with E-state index in [9.17, 15) is 0 Å². The zero-order valence-electron chi connectivity index (χ0n) is 29.2. The van der Waals surface area contributed by atoms with Crippen molar-refractivity contribution < 1.29 is 4.42 Å². The van der Waals surface area contributed by atoms with E-state index in [0.717, 1.165) is 49.8 Å². The van der Waals surface area contributed by atoms with Gasteiger partial charge in [0.05, 0.1) is 11.0 Å². The second-order valence-corrected chi connectivity index (χ2v) is 14.4. The van der Waals surface area contributed by atoms with Gasteiger partial charge in [-0.3, -0.25) is 0 Å². The Bertz CT molecular complexity index is 3020. The summed E-state index contributed by atoms with van der Waals surface area (Å²) in [4.78, 5) is 15.1. The maximum atomic E-state index is 6.45. The first kappa shape index (κ1) is 29.8. The molecular weight excluding hydrogens is 649 g/mol. The SMILES string of the molecule is CC1(C)c2ccccc2-c2ccc3c4c5c(ccc4n(-c4cccc(-c6nc(-c7ccccc7)nc(-c7ccccc7)n6)c4)c3c21)oc1ccccc15. The summed E-state index contributed by atoms with van der Waals surface area (Å²) in [7, 11) is 0. The number of furan rings is 1. The highest BCUT2D eigenvalue weighted by atomic mass is 16.3. The van der Waals surface area contributed by atoms with E-state index in [1.165, 1.54) is 38.5 Å². The topological polar surface area (TPSA) is 56.7 Å². The molecule has 7 aromatic carbocycles. The lowest BCUT2D eigenvalue weighted by atomic mass is 9.81. The molecule has 10 aromatic rings. The van der Waals surface area contributed by atoms with Crippen LogP contribution in [0, 0.1) is 0 Å². The quantitative estimate of drug-likeness (QED) is 0.186. The zero-order valence-corrected chi connectivity index (χ0v) is 29.2. The van der Waals surface area contributed by atoms with Crippen LogP contribution >= 0.6 is 0 Å². The standard InChI is InChI=1S/C48H32N4O/c1-48(2)37-22-11-9-20-33(37)34-24-25-36-41-38(26-27-40-42(41)35-21-10-12-23-39(35)53-40)52(44(36)43(34)48)32-19-13-18-31(28-32)47-50-45(29-14-5-3-6-15-29)49-46(51-47)30-16-7-4-8-17-30/h3-28H,1-2H3. The number of para-hydroxylation sites is 1. The van der Waals surface area contributed by atoms with Crippen molar-refractivity contribution in [2.45, 2.75) is 19.3 Å². The van der Waals surface area contributed by atoms with Gasteiger partial charge >= 0.3 is 0 Å². The van der Waals surface area contributed by atoms with Crippen molar-refractivity contribution in [1.29, 1.82) is 0 Å². The molecule has 0 saturated carbocycles. The number of hydrogen-bond donors (Lipinski definition) is 0. The highest BCUT2D eigenvalue weighted by molar-refractivity contribution is 6.28. The van der Waals surface area contributed by atoms with Crippen LogP contribution in [0.25, 0.3) is 94.7 Å². The van der Waals surface area contributed by atoms with Crippen molar-refractivity contribution in [2.75, 3.05) is 0 Å². The molecule has 3 heterocycles. The Balaban J connectivity index is 1.22. The van der Waals surface area contributed by atoms with Gasteiger partial charge in [-0.05, 0) is 52.6 Å². The molecule has 0 aliphatic heterocycles. The molecule has 1 aliphatic rings. The summed E-state index contributed by atoms with van der Waals surface area (Å²) in [6.07, 6.45) is 0. The third kappa shape index (κ3) is 4.34. The van der Waals surface area contributed by atoms with Gasteiger partial charge in [0, 0.05) is 49.3 Å². The minimum absolute atomic E-state index is 0.226. The molecule has 250 valence electrons. The van der Waals surface area contributed by atoms with Gasteiger partial charge in [-0.15, -0.1) is 0 Å². The summed E-state index contributed by atoms with van der Waals surface area (Å²) in [6, 6.07) is 55.1. The molecule has 0 unspecified atom stereocenters. The van der Waals surface area contributed by atoms with Crippen LogP contribution in [0.15, 0.2) is 162 Å². The fourth-order valence-corrected chi connectivity index (χ4v) is 8.65. The minimum Gasteiger partial charge on any atom is -0.456 e. The van der Waals surface area contributed by atoms with Crippen LogP contribution in [0.5, 0.6) is 0 Å². The fourth-order valence-electron chi connectivity index (χ4n) is 8.65. The third-order valence-corrected chi connectivity index (χ3v) is 11.0. The molecule has 0 N–H and O–H groups in total. The second kappa shape index (κ2) is 11.1. The highest BCUT2D eigenvalue weighted by Crippen LogP contribution is 2.54. The van der Waals surface area contributed by atoms with E-state index in [1.807, 2.05) is 66.7 Å². The summed E-state index contributed by atoms with van der Waals surface area (Å²) in [5, 5.41) is 4.67. The van der Waals surface area contributed by atoms with Crippen LogP contribution in [-0.2, 0) is 5.41 Å². The molecule has 0 atom stereocenters. The van der Waals surface area contributed by atoms with Gasteiger partial charge in [-0.25, -0.2) is 15.0 Å². The van der Waals surface area contributed by atoms with Gasteiger partial charge in [0.25, 0.3) is 0 Å². The Morgan fingerprint density at radius 1 is 0.491 bits per heavy atom. The number of benzene rings is 7. The molecule has 11 rings (SSSR count). The predicted octanol–water partition coefficient (Wildman–Crippen LogP) is 12.2. The Kier molecular flexibility index (Phi) is 6.23. The smallest absolute Gasteiger partial charge is 0.164 e. The average molecular weight is 681 g/mol. The fraction of sp³-hybridized carbons (Fsp3) is 0.0625. The van der Waals surface area contributed by atoms with E-state index in [4.69, 9.17) is 19.4 Å². The predicted molar refractivity (Wildman–Crippen MR) is 215 cm³/mol. The third-order valence-electron chi connectivity index (χ3n) is 11.0. The van der Waals surface area contributed by atoms with Crippen LogP contribution in [0.3, 0.4) is 0 Å². The van der Waals surface area contributed by atoms with Crippen molar-refractivity contribution in [3.05, 3.63) is 169 Å². The number of hydrogen-bond acceptors (Lipinski definition) is 4. The van der Waals surface area contributed by atoms with Crippen molar-refractivity contribution in [2.24, 2.45) is 0 Å². The minimum atomic E-state index is -0.226. The molecule has 5 heteroatoms. The van der Waals surface area contributed by atoms with Crippen LogP contribution in [0.2, 0.25) is 0 Å². The molecule has 5 nitrogen and oxygen atoms in total. The first-order valence-electron chi connectivity index (χ1n) is 18.0. The Hall–Kier alpha value is -6.85. The van der Waals surface area contributed by atoms with Crippen LogP contribution < -0.4 is 0 Å². The average Bonchev–Trinajstić information content (AvgIpc) is 3.84. The van der Waals surface area contributed by atoms with Crippen LogP contribution in [-0.4, -0.2) is 19.5 Å². The van der Waals surface area contributed by atoms with Gasteiger partial charge in [0.2, 0.25) is 0 Å². The van der Waals surface area contributed by atoms with E-state index in [2.05, 4.69) is 109 Å². The van der Waals surface area contributed by atoms with Crippen molar-refractivity contribution in [3.63, 3.8) is 0 Å². The van der Waals surface area contributed by atoms with Crippen molar-refractivity contribution in [3.8, 4) is 51.0 Å². The Morgan fingerprint density at radius 2 is 1.13 bits per heavy atom. The van der Waals surface area contributed by atoms with Gasteiger partial charge in [0.1, 0.15) is 11.2 Å². The molecule has 0 amide bonds. The number of fused-ring (bicyclic) bond motifs is 11. The number of aromatic nitrogens is 4. The second-order valence-electron chi connectivity index (χ2n) is 14.4. The van der Waals surface area contributed by atoms with Crippen molar-refractivity contribution in [1.82, 2.24) is 19.5 Å². The first-order chi connectivity index (χ1) is 26.0. The molecule has 0 spiro atoms. The molecular formula is C48H32N4O. The molecule has 53 heavy (non-hydrogen) atoms. The zero-order chi connectivity index (χ0) is 35.3. The van der Waals surface area contributed by atoms with Gasteiger partial charge in [-0.2, -0.15) is 0 Å².